The Morgan fingerprint density at radius 2 is 2.00 bits per heavy atom. The molecule has 1 unspecified atom stereocenters. The molecule has 1 aliphatic rings. The lowest BCUT2D eigenvalue weighted by molar-refractivity contribution is 0.102. The van der Waals surface area contributed by atoms with Crippen LogP contribution in [0.5, 0.6) is 5.75 Å². The summed E-state index contributed by atoms with van der Waals surface area (Å²) in [7, 11) is -2.43. The number of rotatable bonds is 6. The number of hydrogen-bond acceptors (Lipinski definition) is 5. The Bertz CT molecular complexity index is 991. The van der Waals surface area contributed by atoms with E-state index in [1.807, 2.05) is 0 Å². The highest BCUT2D eigenvalue weighted by Crippen LogP contribution is 2.28. The zero-order valence-corrected chi connectivity index (χ0v) is 17.2. The molecule has 1 heterocycles. The average molecular weight is 445 g/mol. The summed E-state index contributed by atoms with van der Waals surface area (Å²) >= 11 is 11.9. The van der Waals surface area contributed by atoms with Crippen LogP contribution in [0.15, 0.2) is 41.3 Å². The van der Waals surface area contributed by atoms with Gasteiger partial charge in [-0.05, 0) is 42.8 Å². The molecule has 0 radical (unpaired) electrons. The summed E-state index contributed by atoms with van der Waals surface area (Å²) in [5, 5.41) is 3.32. The summed E-state index contributed by atoms with van der Waals surface area (Å²) in [5.74, 6) is -0.340. The van der Waals surface area contributed by atoms with Gasteiger partial charge in [-0.2, -0.15) is 0 Å². The Kier molecular flexibility index (Phi) is 6.47. The molecule has 1 atom stereocenters. The molecule has 28 heavy (non-hydrogen) atoms. The Hall–Kier alpha value is -1.84. The molecule has 10 heteroatoms. The fourth-order valence-electron chi connectivity index (χ4n) is 2.73. The summed E-state index contributed by atoms with van der Waals surface area (Å²) < 4.78 is 38.2. The van der Waals surface area contributed by atoms with Gasteiger partial charge in [0.1, 0.15) is 5.75 Å². The van der Waals surface area contributed by atoms with E-state index in [1.54, 1.807) is 12.1 Å². The molecular weight excluding hydrogens is 427 g/mol. The van der Waals surface area contributed by atoms with Gasteiger partial charge < -0.3 is 14.8 Å². The van der Waals surface area contributed by atoms with Crippen molar-refractivity contribution in [2.45, 2.75) is 17.4 Å². The predicted molar refractivity (Wildman–Crippen MR) is 107 cm³/mol. The van der Waals surface area contributed by atoms with Gasteiger partial charge in [0, 0.05) is 17.7 Å². The molecule has 0 bridgehead atoms. The van der Waals surface area contributed by atoms with Crippen LogP contribution in [0.3, 0.4) is 0 Å². The molecule has 2 N–H and O–H groups in total. The molecule has 2 aromatic rings. The van der Waals surface area contributed by atoms with E-state index in [9.17, 15) is 13.2 Å². The second-order valence-electron chi connectivity index (χ2n) is 6.12. The second kappa shape index (κ2) is 8.67. The molecule has 3 rings (SSSR count). The van der Waals surface area contributed by atoms with Crippen molar-refractivity contribution in [2.75, 3.05) is 25.6 Å². The number of sulfonamides is 1. The molecule has 1 aliphatic heterocycles. The minimum Gasteiger partial charge on any atom is -0.496 e. The lowest BCUT2D eigenvalue weighted by Crippen LogP contribution is -2.35. The number of halogens is 2. The number of carbonyl (C=O) groups excluding carboxylic acids is 1. The SMILES string of the molecule is COc1ccc(S(=O)(=O)NC2CCOC2)cc1C(=O)Nc1ccc(Cl)cc1Cl. The van der Waals surface area contributed by atoms with Gasteiger partial charge >= 0.3 is 0 Å². The van der Waals surface area contributed by atoms with E-state index in [0.29, 0.717) is 30.3 Å². The van der Waals surface area contributed by atoms with Crippen LogP contribution in [0.1, 0.15) is 16.8 Å². The smallest absolute Gasteiger partial charge is 0.259 e. The van der Waals surface area contributed by atoms with Gasteiger partial charge in [-0.15, -0.1) is 0 Å². The minimum absolute atomic E-state index is 0.0486. The van der Waals surface area contributed by atoms with Gasteiger partial charge in [0.05, 0.1) is 34.9 Å². The zero-order chi connectivity index (χ0) is 20.3. The summed E-state index contributed by atoms with van der Waals surface area (Å²) in [4.78, 5) is 12.7. The van der Waals surface area contributed by atoms with Crippen molar-refractivity contribution in [1.82, 2.24) is 4.72 Å². The van der Waals surface area contributed by atoms with E-state index in [0.717, 1.165) is 0 Å². The predicted octanol–water partition coefficient (Wildman–Crippen LogP) is 3.32. The van der Waals surface area contributed by atoms with E-state index >= 15 is 0 Å². The number of methoxy groups -OCH3 is 1. The molecule has 2 aromatic carbocycles. The maximum Gasteiger partial charge on any atom is 0.259 e. The first-order chi connectivity index (χ1) is 13.3. The van der Waals surface area contributed by atoms with Crippen LogP contribution in [0.2, 0.25) is 10.0 Å². The summed E-state index contributed by atoms with van der Waals surface area (Å²) in [6.45, 7) is 0.823. The number of hydrogen-bond donors (Lipinski definition) is 2. The van der Waals surface area contributed by atoms with Crippen molar-refractivity contribution in [3.63, 3.8) is 0 Å². The Labute approximate surface area is 173 Å². The van der Waals surface area contributed by atoms with Gasteiger partial charge in [-0.3, -0.25) is 4.79 Å². The van der Waals surface area contributed by atoms with Gasteiger partial charge in [0.25, 0.3) is 5.91 Å². The van der Waals surface area contributed by atoms with Crippen molar-refractivity contribution in [2.24, 2.45) is 0 Å². The van der Waals surface area contributed by atoms with Crippen LogP contribution in [-0.4, -0.2) is 40.7 Å². The van der Waals surface area contributed by atoms with Crippen molar-refractivity contribution >= 4 is 44.8 Å². The highest BCUT2D eigenvalue weighted by molar-refractivity contribution is 7.89. The monoisotopic (exact) mass is 444 g/mol. The van der Waals surface area contributed by atoms with E-state index in [1.165, 1.54) is 31.4 Å². The highest BCUT2D eigenvalue weighted by Gasteiger charge is 2.25. The fourth-order valence-corrected chi connectivity index (χ4v) is 4.46. The lowest BCUT2D eigenvalue weighted by atomic mass is 10.2. The number of benzene rings is 2. The molecule has 0 spiro atoms. The van der Waals surface area contributed by atoms with Crippen LogP contribution in [0.4, 0.5) is 5.69 Å². The zero-order valence-electron chi connectivity index (χ0n) is 14.9. The molecule has 1 saturated heterocycles. The second-order valence-corrected chi connectivity index (χ2v) is 8.68. The maximum atomic E-state index is 12.7. The number of ether oxygens (including phenoxy) is 2. The van der Waals surface area contributed by atoms with Crippen molar-refractivity contribution in [3.8, 4) is 5.75 Å². The fraction of sp³-hybridized carbons (Fsp3) is 0.278. The third-order valence-corrected chi connectivity index (χ3v) is 6.22. The van der Waals surface area contributed by atoms with Gasteiger partial charge in [-0.25, -0.2) is 13.1 Å². The molecule has 0 saturated carbocycles. The number of amides is 1. The van der Waals surface area contributed by atoms with Crippen LogP contribution in [-0.2, 0) is 14.8 Å². The molecule has 7 nitrogen and oxygen atoms in total. The van der Waals surface area contributed by atoms with Crippen LogP contribution >= 0.6 is 23.2 Å². The topological polar surface area (TPSA) is 93.7 Å². The molecule has 1 amide bonds. The van der Waals surface area contributed by atoms with E-state index in [2.05, 4.69) is 10.0 Å². The highest BCUT2D eigenvalue weighted by atomic mass is 35.5. The molecule has 1 fully saturated rings. The van der Waals surface area contributed by atoms with Crippen LogP contribution in [0, 0.1) is 0 Å². The molecular formula is C18H18Cl2N2O5S. The largest absolute Gasteiger partial charge is 0.496 e. The first-order valence-electron chi connectivity index (χ1n) is 8.34. The lowest BCUT2D eigenvalue weighted by Gasteiger charge is -2.14. The van der Waals surface area contributed by atoms with Crippen LogP contribution in [0.25, 0.3) is 0 Å². The number of carbonyl (C=O) groups is 1. The van der Waals surface area contributed by atoms with Crippen molar-refractivity contribution in [1.29, 1.82) is 0 Å². The first kappa shape index (κ1) is 20.9. The van der Waals surface area contributed by atoms with Crippen molar-refractivity contribution < 1.29 is 22.7 Å². The summed E-state index contributed by atoms with van der Waals surface area (Å²) in [6, 6.07) is 8.39. The van der Waals surface area contributed by atoms with E-state index < -0.39 is 15.9 Å². The standard InChI is InChI=1S/C18H18Cl2N2O5S/c1-26-17-5-3-13(28(24,25)22-12-6-7-27-10-12)9-14(17)18(23)21-16-4-2-11(19)8-15(16)20/h2-5,8-9,12,22H,6-7,10H2,1H3,(H,21,23). The molecule has 150 valence electrons. The maximum absolute atomic E-state index is 12.7. The molecule has 0 aromatic heterocycles. The van der Waals surface area contributed by atoms with Gasteiger partial charge in [-0.1, -0.05) is 23.2 Å². The third kappa shape index (κ3) is 4.76. The summed E-state index contributed by atoms with van der Waals surface area (Å²) in [5.41, 5.74) is 0.395. The Morgan fingerprint density at radius 3 is 2.64 bits per heavy atom. The quantitative estimate of drug-likeness (QED) is 0.712. The Balaban J connectivity index is 1.88. The van der Waals surface area contributed by atoms with Gasteiger partial charge in [0.2, 0.25) is 10.0 Å². The van der Waals surface area contributed by atoms with E-state index in [4.69, 9.17) is 32.7 Å². The normalized spacial score (nSPS) is 16.8. The van der Waals surface area contributed by atoms with Crippen molar-refractivity contribution in [3.05, 3.63) is 52.0 Å². The molecule has 0 aliphatic carbocycles. The third-order valence-electron chi connectivity index (χ3n) is 4.16. The van der Waals surface area contributed by atoms with Gasteiger partial charge in [0.15, 0.2) is 0 Å². The van der Waals surface area contributed by atoms with Crippen LogP contribution < -0.4 is 14.8 Å². The first-order valence-corrected chi connectivity index (χ1v) is 10.6. The number of nitrogens with one attached hydrogen (secondary N) is 2. The minimum atomic E-state index is -3.82. The Morgan fingerprint density at radius 1 is 1.21 bits per heavy atom. The average Bonchev–Trinajstić information content (AvgIpc) is 3.15. The summed E-state index contributed by atoms with van der Waals surface area (Å²) in [6.07, 6.45) is 0.595. The number of anilines is 1. The van der Waals surface area contributed by atoms with E-state index in [-0.39, 0.29) is 27.3 Å².